The van der Waals surface area contributed by atoms with E-state index in [2.05, 4.69) is 5.32 Å². The smallest absolute Gasteiger partial charge is 0.416 e. The minimum atomic E-state index is -4.47. The number of ether oxygens (including phenoxy) is 2. The molecule has 0 saturated heterocycles. The van der Waals surface area contributed by atoms with E-state index in [0.717, 1.165) is 12.1 Å². The molecule has 2 N–H and O–H groups in total. The molecule has 27 heavy (non-hydrogen) atoms. The summed E-state index contributed by atoms with van der Waals surface area (Å²) < 4.78 is 48.4. The van der Waals surface area contributed by atoms with Gasteiger partial charge in [0, 0.05) is 12.1 Å². The van der Waals surface area contributed by atoms with E-state index in [-0.39, 0.29) is 18.9 Å². The van der Waals surface area contributed by atoms with Gasteiger partial charge in [-0.2, -0.15) is 13.2 Å². The SMILES string of the molecule is CCOc1cccc(C(=O)NCC(O)COc2cccc(C(F)(F)F)c2)c1. The number of halogens is 3. The van der Waals surface area contributed by atoms with Gasteiger partial charge in [0.15, 0.2) is 0 Å². The molecule has 0 aliphatic heterocycles. The van der Waals surface area contributed by atoms with Gasteiger partial charge in [-0.05, 0) is 43.3 Å². The van der Waals surface area contributed by atoms with E-state index in [4.69, 9.17) is 9.47 Å². The van der Waals surface area contributed by atoms with E-state index in [1.165, 1.54) is 12.1 Å². The van der Waals surface area contributed by atoms with Crippen LogP contribution in [0.4, 0.5) is 13.2 Å². The van der Waals surface area contributed by atoms with Gasteiger partial charge >= 0.3 is 6.18 Å². The summed E-state index contributed by atoms with van der Waals surface area (Å²) in [6, 6.07) is 10.9. The molecule has 1 amide bonds. The molecule has 1 unspecified atom stereocenters. The highest BCUT2D eigenvalue weighted by Gasteiger charge is 2.30. The number of aliphatic hydroxyl groups is 1. The number of benzene rings is 2. The van der Waals surface area contributed by atoms with Gasteiger partial charge in [0.2, 0.25) is 0 Å². The molecule has 0 aromatic heterocycles. The first-order valence-corrected chi connectivity index (χ1v) is 8.28. The van der Waals surface area contributed by atoms with Crippen LogP contribution >= 0.6 is 0 Å². The van der Waals surface area contributed by atoms with Crippen molar-refractivity contribution in [1.82, 2.24) is 5.32 Å². The molecule has 1 atom stereocenters. The molecule has 0 aliphatic carbocycles. The van der Waals surface area contributed by atoms with Crippen molar-refractivity contribution in [2.75, 3.05) is 19.8 Å². The largest absolute Gasteiger partial charge is 0.494 e. The lowest BCUT2D eigenvalue weighted by molar-refractivity contribution is -0.137. The molecule has 2 aromatic rings. The third kappa shape index (κ3) is 6.49. The van der Waals surface area contributed by atoms with E-state index >= 15 is 0 Å². The van der Waals surface area contributed by atoms with Crippen LogP contribution in [0.5, 0.6) is 11.5 Å². The number of hydrogen-bond acceptors (Lipinski definition) is 4. The molecule has 0 radical (unpaired) electrons. The average Bonchev–Trinajstić information content (AvgIpc) is 2.64. The van der Waals surface area contributed by atoms with Crippen LogP contribution in [0.1, 0.15) is 22.8 Å². The van der Waals surface area contributed by atoms with Crippen molar-refractivity contribution >= 4 is 5.91 Å². The Kier molecular flexibility index (Phi) is 7.06. The lowest BCUT2D eigenvalue weighted by Gasteiger charge is -2.14. The normalized spacial score (nSPS) is 12.3. The Morgan fingerprint density at radius 2 is 1.78 bits per heavy atom. The molecule has 2 rings (SSSR count). The van der Waals surface area contributed by atoms with Crippen LogP contribution in [0.2, 0.25) is 0 Å². The van der Waals surface area contributed by atoms with E-state index in [1.807, 2.05) is 6.92 Å². The highest BCUT2D eigenvalue weighted by atomic mass is 19.4. The summed E-state index contributed by atoms with van der Waals surface area (Å²) in [6.45, 7) is 1.92. The quantitative estimate of drug-likeness (QED) is 0.734. The zero-order valence-electron chi connectivity index (χ0n) is 14.6. The minimum absolute atomic E-state index is 0.0142. The fourth-order valence-electron chi connectivity index (χ4n) is 2.22. The first kappa shape index (κ1) is 20.6. The number of hydrogen-bond donors (Lipinski definition) is 2. The van der Waals surface area contributed by atoms with Gasteiger partial charge in [0.25, 0.3) is 5.91 Å². The number of amides is 1. The van der Waals surface area contributed by atoms with E-state index in [0.29, 0.717) is 17.9 Å². The van der Waals surface area contributed by atoms with Gasteiger partial charge in [0.05, 0.1) is 12.2 Å². The standard InChI is InChI=1S/C19H20F3NO4/c1-2-26-16-7-3-5-13(9-16)18(25)23-11-15(24)12-27-17-8-4-6-14(10-17)19(20,21)22/h3-10,15,24H,2,11-12H2,1H3,(H,23,25). The zero-order chi connectivity index (χ0) is 19.9. The summed E-state index contributed by atoms with van der Waals surface area (Å²) in [6.07, 6.45) is -5.55. The van der Waals surface area contributed by atoms with Gasteiger partial charge in [-0.3, -0.25) is 4.79 Å². The van der Waals surface area contributed by atoms with Crippen LogP contribution in [-0.2, 0) is 6.18 Å². The van der Waals surface area contributed by atoms with Crippen molar-refractivity contribution in [3.05, 3.63) is 59.7 Å². The van der Waals surface area contributed by atoms with E-state index in [9.17, 15) is 23.1 Å². The summed E-state index contributed by atoms with van der Waals surface area (Å²) in [5, 5.41) is 12.4. The van der Waals surface area contributed by atoms with Crippen LogP contribution in [0.25, 0.3) is 0 Å². The fraction of sp³-hybridized carbons (Fsp3) is 0.316. The molecule has 0 heterocycles. The van der Waals surface area contributed by atoms with Crippen molar-refractivity contribution < 1.29 is 32.5 Å². The second-order valence-corrected chi connectivity index (χ2v) is 5.66. The Bertz CT molecular complexity index is 765. The lowest BCUT2D eigenvalue weighted by atomic mass is 10.2. The zero-order valence-corrected chi connectivity index (χ0v) is 14.6. The van der Waals surface area contributed by atoms with Gasteiger partial charge < -0.3 is 19.9 Å². The summed E-state index contributed by atoms with van der Waals surface area (Å²) in [5.74, 6) is 0.132. The summed E-state index contributed by atoms with van der Waals surface area (Å²) in [5.41, 5.74) is -0.469. The Balaban J connectivity index is 1.83. The van der Waals surface area contributed by atoms with Crippen LogP contribution < -0.4 is 14.8 Å². The van der Waals surface area contributed by atoms with Crippen molar-refractivity contribution in [2.24, 2.45) is 0 Å². The Morgan fingerprint density at radius 1 is 1.11 bits per heavy atom. The third-order valence-corrected chi connectivity index (χ3v) is 3.51. The number of carbonyl (C=O) groups excluding carboxylic acids is 1. The highest BCUT2D eigenvalue weighted by molar-refractivity contribution is 5.94. The first-order chi connectivity index (χ1) is 12.8. The second-order valence-electron chi connectivity index (χ2n) is 5.66. The molecule has 0 fully saturated rings. The molecule has 5 nitrogen and oxygen atoms in total. The third-order valence-electron chi connectivity index (χ3n) is 3.51. The van der Waals surface area contributed by atoms with E-state index < -0.39 is 23.8 Å². The average molecular weight is 383 g/mol. The molecular formula is C19H20F3NO4. The predicted octanol–water partition coefficient (Wildman–Crippen LogP) is 3.27. The Morgan fingerprint density at radius 3 is 2.44 bits per heavy atom. The minimum Gasteiger partial charge on any atom is -0.494 e. The maximum atomic E-state index is 12.7. The van der Waals surface area contributed by atoms with Crippen molar-refractivity contribution in [3.63, 3.8) is 0 Å². The molecule has 8 heteroatoms. The topological polar surface area (TPSA) is 67.8 Å². The van der Waals surface area contributed by atoms with Crippen LogP contribution in [-0.4, -0.2) is 36.9 Å². The first-order valence-electron chi connectivity index (χ1n) is 8.28. The monoisotopic (exact) mass is 383 g/mol. The van der Waals surface area contributed by atoms with Gasteiger partial charge in [-0.15, -0.1) is 0 Å². The summed E-state index contributed by atoms with van der Waals surface area (Å²) in [4.78, 5) is 12.1. The number of aliphatic hydroxyl groups excluding tert-OH is 1. The Hall–Kier alpha value is -2.74. The van der Waals surface area contributed by atoms with Crippen molar-refractivity contribution in [3.8, 4) is 11.5 Å². The van der Waals surface area contributed by atoms with Gasteiger partial charge in [0.1, 0.15) is 24.2 Å². The highest BCUT2D eigenvalue weighted by Crippen LogP contribution is 2.31. The molecule has 146 valence electrons. The van der Waals surface area contributed by atoms with Gasteiger partial charge in [-0.1, -0.05) is 12.1 Å². The number of nitrogens with one attached hydrogen (secondary N) is 1. The number of alkyl halides is 3. The molecule has 0 spiro atoms. The van der Waals surface area contributed by atoms with Crippen LogP contribution in [0.15, 0.2) is 48.5 Å². The maximum absolute atomic E-state index is 12.7. The summed E-state index contributed by atoms with van der Waals surface area (Å²) in [7, 11) is 0. The second kappa shape index (κ2) is 9.27. The lowest BCUT2D eigenvalue weighted by Crippen LogP contribution is -2.35. The van der Waals surface area contributed by atoms with Crippen molar-refractivity contribution in [2.45, 2.75) is 19.2 Å². The number of rotatable bonds is 8. The molecule has 0 aliphatic rings. The fourth-order valence-corrected chi connectivity index (χ4v) is 2.22. The molecule has 0 bridgehead atoms. The van der Waals surface area contributed by atoms with E-state index in [1.54, 1.807) is 24.3 Å². The van der Waals surface area contributed by atoms with Crippen LogP contribution in [0.3, 0.4) is 0 Å². The molecule has 2 aromatic carbocycles. The predicted molar refractivity (Wildman–Crippen MR) is 92.9 cm³/mol. The molecule has 0 saturated carbocycles. The number of carbonyl (C=O) groups is 1. The van der Waals surface area contributed by atoms with Crippen LogP contribution in [0, 0.1) is 0 Å². The molecular weight excluding hydrogens is 363 g/mol. The Labute approximate surface area is 154 Å². The maximum Gasteiger partial charge on any atom is 0.416 e. The van der Waals surface area contributed by atoms with Crippen molar-refractivity contribution in [1.29, 1.82) is 0 Å². The summed E-state index contributed by atoms with van der Waals surface area (Å²) >= 11 is 0. The van der Waals surface area contributed by atoms with Gasteiger partial charge in [-0.25, -0.2) is 0 Å².